The number of hydrogen-bond acceptors (Lipinski definition) is 3. The van der Waals surface area contributed by atoms with Gasteiger partial charge in [-0.05, 0) is 53.9 Å². The summed E-state index contributed by atoms with van der Waals surface area (Å²) in [4.78, 5) is 18.2. The molecule has 6 heteroatoms. The van der Waals surface area contributed by atoms with Crippen molar-refractivity contribution in [1.29, 1.82) is 0 Å². The highest BCUT2D eigenvalue weighted by atomic mass is 79.9. The second-order valence-corrected chi connectivity index (χ2v) is 6.60. The Kier molecular flexibility index (Phi) is 7.52. The highest BCUT2D eigenvalue weighted by Gasteiger charge is 2.17. The summed E-state index contributed by atoms with van der Waals surface area (Å²) in [7, 11) is 1.99. The molecule has 0 spiro atoms. The molecule has 5 nitrogen and oxygen atoms in total. The quantitative estimate of drug-likeness (QED) is 0.505. The predicted octanol–water partition coefficient (Wildman–Crippen LogP) is 4.09. The topological polar surface area (TPSA) is 86.6 Å². The van der Waals surface area contributed by atoms with Crippen LogP contribution in [0.2, 0.25) is 0 Å². The van der Waals surface area contributed by atoms with Crippen LogP contribution < -0.4 is 5.32 Å². The van der Waals surface area contributed by atoms with Gasteiger partial charge in [0.25, 0.3) is 0 Å². The number of halogens is 1. The molecule has 0 heterocycles. The van der Waals surface area contributed by atoms with Crippen LogP contribution in [-0.4, -0.2) is 35.7 Å². The fraction of sp³-hybridized carbons (Fsp3) is 0.143. The van der Waals surface area contributed by atoms with Crippen molar-refractivity contribution < 1.29 is 19.8 Å². The molecule has 0 bridgehead atoms. The number of benzene rings is 2. The Morgan fingerprint density at radius 3 is 2.11 bits per heavy atom. The first-order chi connectivity index (χ1) is 13.0. The minimum absolute atomic E-state index is 0.989. The van der Waals surface area contributed by atoms with Gasteiger partial charge >= 0.3 is 11.9 Å². The third kappa shape index (κ3) is 5.39. The van der Waals surface area contributed by atoms with E-state index >= 15 is 0 Å². The Hall–Kier alpha value is -2.70. The summed E-state index contributed by atoms with van der Waals surface area (Å²) in [5.74, 6) is -3.65. The van der Waals surface area contributed by atoms with Gasteiger partial charge in [0.05, 0.1) is 0 Å². The van der Waals surface area contributed by atoms with E-state index in [0.29, 0.717) is 0 Å². The van der Waals surface area contributed by atoms with Crippen molar-refractivity contribution >= 4 is 44.0 Å². The van der Waals surface area contributed by atoms with Crippen LogP contribution in [0.25, 0.3) is 16.1 Å². The molecule has 140 valence electrons. The van der Waals surface area contributed by atoms with Gasteiger partial charge in [0.1, 0.15) is 0 Å². The number of carboxylic acid groups (broad SMARTS) is 2. The Balaban J connectivity index is 0.000000380. The van der Waals surface area contributed by atoms with Crippen molar-refractivity contribution in [3.8, 4) is 0 Å². The van der Waals surface area contributed by atoms with Gasteiger partial charge in [0, 0.05) is 4.48 Å². The molecular formula is C21H20BrNO4. The van der Waals surface area contributed by atoms with E-state index in [9.17, 15) is 0 Å². The van der Waals surface area contributed by atoms with Gasteiger partial charge in [-0.15, -0.1) is 0 Å². The molecule has 0 radical (unpaired) electrons. The molecule has 0 fully saturated rings. The average Bonchev–Trinajstić information content (AvgIpc) is 2.77. The highest BCUT2D eigenvalue weighted by Crippen LogP contribution is 2.39. The fourth-order valence-corrected chi connectivity index (χ4v) is 3.33. The molecule has 3 N–H and O–H groups in total. The van der Waals surface area contributed by atoms with Crippen LogP contribution in [0.3, 0.4) is 0 Å². The van der Waals surface area contributed by atoms with Crippen LogP contribution >= 0.6 is 15.9 Å². The number of hydrogen-bond donors (Lipinski definition) is 3. The van der Waals surface area contributed by atoms with Gasteiger partial charge in [0.2, 0.25) is 0 Å². The Morgan fingerprint density at radius 1 is 0.963 bits per heavy atom. The number of fused-ring (bicyclic) bond motifs is 2. The SMILES string of the molecule is CNCC/C=C1\c2ccccc2C=C(Br)c2ccccc21.O=C(O)C(=O)O. The average molecular weight is 430 g/mol. The standard InChI is InChI=1S/C19H18BrN.C2H2O4/c1-21-12-6-11-16-15-8-3-2-7-14(15)13-19(20)18-10-5-4-9-17(16)18;3-1(4)2(5)6/h2-5,7-11,13,21H,6,12H2,1H3;(H,3,4)(H,5,6)/b16-11+;. The second-order valence-electron chi connectivity index (χ2n) is 5.75. The van der Waals surface area contributed by atoms with Crippen molar-refractivity contribution in [1.82, 2.24) is 5.32 Å². The molecule has 2 aromatic rings. The summed E-state index contributed by atoms with van der Waals surface area (Å²) >= 11 is 3.74. The molecule has 0 saturated carbocycles. The van der Waals surface area contributed by atoms with E-state index in [1.807, 2.05) is 7.05 Å². The van der Waals surface area contributed by atoms with Gasteiger partial charge in [-0.25, -0.2) is 9.59 Å². The van der Waals surface area contributed by atoms with Crippen molar-refractivity contribution in [3.63, 3.8) is 0 Å². The summed E-state index contributed by atoms with van der Waals surface area (Å²) in [5, 5.41) is 18.0. The first kappa shape index (κ1) is 20.6. The zero-order chi connectivity index (χ0) is 19.8. The number of carbonyl (C=O) groups is 2. The summed E-state index contributed by atoms with van der Waals surface area (Å²) in [6.07, 6.45) is 5.58. The molecule has 0 saturated heterocycles. The monoisotopic (exact) mass is 429 g/mol. The molecule has 3 rings (SSSR count). The lowest BCUT2D eigenvalue weighted by molar-refractivity contribution is -0.159. The summed E-state index contributed by atoms with van der Waals surface area (Å²) < 4.78 is 1.14. The molecular weight excluding hydrogens is 410 g/mol. The first-order valence-corrected chi connectivity index (χ1v) is 9.12. The second kappa shape index (κ2) is 9.85. The van der Waals surface area contributed by atoms with Crippen LogP contribution in [0.15, 0.2) is 54.6 Å². The van der Waals surface area contributed by atoms with Crippen molar-refractivity contribution in [2.75, 3.05) is 13.6 Å². The maximum Gasteiger partial charge on any atom is 0.414 e. The van der Waals surface area contributed by atoms with E-state index < -0.39 is 11.9 Å². The number of aliphatic carboxylic acids is 2. The van der Waals surface area contributed by atoms with Gasteiger partial charge in [-0.1, -0.05) is 70.5 Å². The lowest BCUT2D eigenvalue weighted by atomic mass is 9.93. The van der Waals surface area contributed by atoms with E-state index in [2.05, 4.69) is 81.9 Å². The number of nitrogens with one attached hydrogen (secondary N) is 1. The van der Waals surface area contributed by atoms with E-state index in [4.69, 9.17) is 19.8 Å². The third-order valence-corrected chi connectivity index (χ3v) is 4.59. The molecule has 0 unspecified atom stereocenters. The van der Waals surface area contributed by atoms with E-state index in [1.54, 1.807) is 0 Å². The Morgan fingerprint density at radius 2 is 1.52 bits per heavy atom. The van der Waals surface area contributed by atoms with Crippen LogP contribution in [0, 0.1) is 0 Å². The summed E-state index contributed by atoms with van der Waals surface area (Å²) in [5.41, 5.74) is 6.43. The largest absolute Gasteiger partial charge is 0.473 e. The van der Waals surface area contributed by atoms with E-state index in [0.717, 1.165) is 17.4 Å². The molecule has 1 aliphatic rings. The van der Waals surface area contributed by atoms with Crippen LogP contribution in [0.1, 0.15) is 28.7 Å². The van der Waals surface area contributed by atoms with Crippen LogP contribution in [-0.2, 0) is 9.59 Å². The zero-order valence-corrected chi connectivity index (χ0v) is 16.4. The van der Waals surface area contributed by atoms with Crippen molar-refractivity contribution in [2.45, 2.75) is 6.42 Å². The maximum atomic E-state index is 9.10. The van der Waals surface area contributed by atoms with Gasteiger partial charge in [-0.3, -0.25) is 0 Å². The molecule has 0 aliphatic heterocycles. The Labute approximate surface area is 166 Å². The molecule has 0 amide bonds. The third-order valence-electron chi connectivity index (χ3n) is 3.93. The maximum absolute atomic E-state index is 9.10. The molecule has 27 heavy (non-hydrogen) atoms. The summed E-state index contributed by atoms with van der Waals surface area (Å²) in [6.45, 7) is 0.989. The van der Waals surface area contributed by atoms with Gasteiger partial charge < -0.3 is 15.5 Å². The number of rotatable bonds is 3. The van der Waals surface area contributed by atoms with Crippen LogP contribution in [0.5, 0.6) is 0 Å². The smallest absolute Gasteiger partial charge is 0.414 e. The van der Waals surface area contributed by atoms with Crippen LogP contribution in [0.4, 0.5) is 0 Å². The first-order valence-electron chi connectivity index (χ1n) is 8.33. The van der Waals surface area contributed by atoms with Crippen molar-refractivity contribution in [3.05, 3.63) is 76.9 Å². The lowest BCUT2D eigenvalue weighted by Gasteiger charge is -2.12. The van der Waals surface area contributed by atoms with Gasteiger partial charge in [0.15, 0.2) is 0 Å². The summed E-state index contributed by atoms with van der Waals surface area (Å²) in [6, 6.07) is 17.2. The minimum Gasteiger partial charge on any atom is -0.473 e. The minimum atomic E-state index is -1.82. The lowest BCUT2D eigenvalue weighted by Crippen LogP contribution is -2.09. The molecule has 0 atom stereocenters. The van der Waals surface area contributed by atoms with Gasteiger partial charge in [-0.2, -0.15) is 0 Å². The molecule has 0 aromatic heterocycles. The normalized spacial score (nSPS) is 13.4. The Bertz CT molecular complexity index is 891. The van der Waals surface area contributed by atoms with Crippen molar-refractivity contribution in [2.24, 2.45) is 0 Å². The molecule has 2 aromatic carbocycles. The molecule has 1 aliphatic carbocycles. The fourth-order valence-electron chi connectivity index (χ4n) is 2.73. The highest BCUT2D eigenvalue weighted by molar-refractivity contribution is 9.15. The van der Waals surface area contributed by atoms with E-state index in [-0.39, 0.29) is 0 Å². The van der Waals surface area contributed by atoms with E-state index in [1.165, 1.54) is 27.8 Å². The number of carboxylic acids is 2. The predicted molar refractivity (Wildman–Crippen MR) is 111 cm³/mol. The zero-order valence-electron chi connectivity index (χ0n) is 14.8.